The minimum absolute atomic E-state index is 0.000139. The van der Waals surface area contributed by atoms with E-state index in [0.29, 0.717) is 0 Å². The number of halogens is 3. The Morgan fingerprint density at radius 2 is 1.64 bits per heavy atom. The number of hydrogen-bond acceptors (Lipinski definition) is 2. The molecule has 2 rings (SSSR count). The van der Waals surface area contributed by atoms with E-state index in [-0.39, 0.29) is 18.8 Å². The summed E-state index contributed by atoms with van der Waals surface area (Å²) in [5.74, 6) is -4.14. The highest BCUT2D eigenvalue weighted by Gasteiger charge is 2.39. The fraction of sp³-hybridized carbons (Fsp3) is 0.333. The maximum atomic E-state index is 12.8. The first kappa shape index (κ1) is 9.48. The molecule has 1 aliphatic heterocycles. The quantitative estimate of drug-likeness (QED) is 0.699. The van der Waals surface area contributed by atoms with Crippen LogP contribution < -0.4 is 0 Å². The van der Waals surface area contributed by atoms with Crippen molar-refractivity contribution < 1.29 is 23.0 Å². The van der Waals surface area contributed by atoms with E-state index >= 15 is 0 Å². The summed E-state index contributed by atoms with van der Waals surface area (Å²) in [6.07, 6.45) is 0. The maximum Gasteiger partial charge on any atom is 0.194 e. The number of aliphatic hydroxyl groups is 1. The molecule has 1 heterocycles. The van der Waals surface area contributed by atoms with E-state index in [1.54, 1.807) is 0 Å². The first-order chi connectivity index (χ1) is 6.53. The second-order valence-corrected chi connectivity index (χ2v) is 3.28. The van der Waals surface area contributed by atoms with Crippen LogP contribution in [0.5, 0.6) is 0 Å². The van der Waals surface area contributed by atoms with Crippen molar-refractivity contribution in [3.63, 3.8) is 0 Å². The Morgan fingerprint density at radius 3 is 2.00 bits per heavy atom. The first-order valence-corrected chi connectivity index (χ1v) is 3.98. The summed E-state index contributed by atoms with van der Waals surface area (Å²) in [6, 6.07) is 1.56. The van der Waals surface area contributed by atoms with E-state index in [1.807, 2.05) is 0 Å². The van der Waals surface area contributed by atoms with Crippen LogP contribution in [-0.4, -0.2) is 18.3 Å². The second kappa shape index (κ2) is 2.96. The zero-order chi connectivity index (χ0) is 10.3. The lowest BCUT2D eigenvalue weighted by Gasteiger charge is -2.36. The molecule has 0 spiro atoms. The molecule has 1 fully saturated rings. The predicted octanol–water partition coefficient (Wildman–Crippen LogP) is 1.32. The summed E-state index contributed by atoms with van der Waals surface area (Å²) in [7, 11) is 0. The van der Waals surface area contributed by atoms with Crippen LogP contribution in [0.3, 0.4) is 0 Å². The minimum Gasteiger partial charge on any atom is -0.380 e. The molecule has 1 N–H and O–H groups in total. The molecule has 14 heavy (non-hydrogen) atoms. The first-order valence-electron chi connectivity index (χ1n) is 3.98. The third-order valence-electron chi connectivity index (χ3n) is 2.20. The van der Waals surface area contributed by atoms with Crippen LogP contribution in [-0.2, 0) is 10.3 Å². The van der Waals surface area contributed by atoms with E-state index in [0.717, 1.165) is 12.1 Å². The zero-order valence-electron chi connectivity index (χ0n) is 7.06. The molecular weight excluding hydrogens is 197 g/mol. The SMILES string of the molecule is OC1(c2cc(F)c(F)c(F)c2)COC1. The highest BCUT2D eigenvalue weighted by Crippen LogP contribution is 2.30. The molecule has 5 heteroatoms. The Balaban J connectivity index is 2.45. The van der Waals surface area contributed by atoms with Gasteiger partial charge in [-0.1, -0.05) is 0 Å². The molecule has 76 valence electrons. The molecule has 0 amide bonds. The van der Waals surface area contributed by atoms with Crippen LogP contribution in [0.15, 0.2) is 12.1 Å². The van der Waals surface area contributed by atoms with Crippen LogP contribution in [0, 0.1) is 17.5 Å². The van der Waals surface area contributed by atoms with Crippen LogP contribution >= 0.6 is 0 Å². The smallest absolute Gasteiger partial charge is 0.194 e. The Hall–Kier alpha value is -1.07. The largest absolute Gasteiger partial charge is 0.380 e. The van der Waals surface area contributed by atoms with E-state index in [4.69, 9.17) is 4.74 Å². The van der Waals surface area contributed by atoms with Crippen molar-refractivity contribution in [2.45, 2.75) is 5.60 Å². The van der Waals surface area contributed by atoms with Gasteiger partial charge in [-0.15, -0.1) is 0 Å². The topological polar surface area (TPSA) is 29.5 Å². The average Bonchev–Trinajstić information content (AvgIpc) is 2.09. The van der Waals surface area contributed by atoms with Gasteiger partial charge in [-0.2, -0.15) is 0 Å². The van der Waals surface area contributed by atoms with Crippen molar-refractivity contribution in [2.24, 2.45) is 0 Å². The van der Waals surface area contributed by atoms with Gasteiger partial charge in [0.25, 0.3) is 0 Å². The number of ether oxygens (including phenoxy) is 1. The van der Waals surface area contributed by atoms with Gasteiger partial charge in [-0.05, 0) is 17.7 Å². The molecule has 1 saturated heterocycles. The standard InChI is InChI=1S/C9H7F3O2/c10-6-1-5(2-7(11)8(6)12)9(13)3-14-4-9/h1-2,13H,3-4H2. The Morgan fingerprint density at radius 1 is 1.14 bits per heavy atom. The highest BCUT2D eigenvalue weighted by molar-refractivity contribution is 5.27. The molecule has 0 bridgehead atoms. The van der Waals surface area contributed by atoms with Crippen molar-refractivity contribution in [2.75, 3.05) is 13.2 Å². The molecule has 0 aromatic heterocycles. The van der Waals surface area contributed by atoms with Crippen LogP contribution in [0.25, 0.3) is 0 Å². The highest BCUT2D eigenvalue weighted by atomic mass is 19.2. The lowest BCUT2D eigenvalue weighted by atomic mass is 9.92. The average molecular weight is 204 g/mol. The summed E-state index contributed by atoms with van der Waals surface area (Å²) >= 11 is 0. The molecule has 1 aliphatic rings. The second-order valence-electron chi connectivity index (χ2n) is 3.28. The van der Waals surface area contributed by atoms with Gasteiger partial charge < -0.3 is 9.84 Å². The molecule has 0 atom stereocenters. The summed E-state index contributed by atoms with van der Waals surface area (Å²) < 4.78 is 42.8. The molecule has 1 aromatic carbocycles. The maximum absolute atomic E-state index is 12.8. The van der Waals surface area contributed by atoms with Crippen LogP contribution in [0.2, 0.25) is 0 Å². The van der Waals surface area contributed by atoms with Gasteiger partial charge in [0.05, 0.1) is 13.2 Å². The number of rotatable bonds is 1. The van der Waals surface area contributed by atoms with E-state index in [9.17, 15) is 18.3 Å². The summed E-state index contributed by atoms with van der Waals surface area (Å²) in [5, 5.41) is 9.64. The van der Waals surface area contributed by atoms with Gasteiger partial charge in [0.1, 0.15) is 5.60 Å². The molecule has 0 saturated carbocycles. The zero-order valence-corrected chi connectivity index (χ0v) is 7.06. The third-order valence-corrected chi connectivity index (χ3v) is 2.20. The van der Waals surface area contributed by atoms with Crippen LogP contribution in [0.4, 0.5) is 13.2 Å². The Labute approximate surface area is 77.9 Å². The molecule has 2 nitrogen and oxygen atoms in total. The summed E-state index contributed by atoms with van der Waals surface area (Å²) in [6.45, 7) is -0.0605. The Bertz CT molecular complexity index is 351. The molecule has 0 aliphatic carbocycles. The van der Waals surface area contributed by atoms with E-state index in [2.05, 4.69) is 0 Å². The molecule has 0 unspecified atom stereocenters. The van der Waals surface area contributed by atoms with Crippen molar-refractivity contribution >= 4 is 0 Å². The monoisotopic (exact) mass is 204 g/mol. The number of benzene rings is 1. The van der Waals surface area contributed by atoms with Gasteiger partial charge in [0.2, 0.25) is 0 Å². The lowest BCUT2D eigenvalue weighted by Crippen LogP contribution is -2.46. The molecular formula is C9H7F3O2. The Kier molecular flexibility index (Phi) is 2.01. The predicted molar refractivity (Wildman–Crippen MR) is 41.0 cm³/mol. The number of hydrogen-bond donors (Lipinski definition) is 1. The van der Waals surface area contributed by atoms with Gasteiger partial charge in [0.15, 0.2) is 17.5 Å². The minimum atomic E-state index is -1.53. The third kappa shape index (κ3) is 1.29. The summed E-state index contributed by atoms with van der Waals surface area (Å²) in [4.78, 5) is 0. The summed E-state index contributed by atoms with van der Waals surface area (Å²) in [5.41, 5.74) is -1.38. The molecule has 1 aromatic rings. The fourth-order valence-electron chi connectivity index (χ4n) is 1.29. The van der Waals surface area contributed by atoms with Crippen molar-refractivity contribution in [3.05, 3.63) is 35.1 Å². The van der Waals surface area contributed by atoms with Gasteiger partial charge in [-0.25, -0.2) is 13.2 Å². The van der Waals surface area contributed by atoms with Gasteiger partial charge in [-0.3, -0.25) is 0 Å². The van der Waals surface area contributed by atoms with Gasteiger partial charge in [0, 0.05) is 0 Å². The van der Waals surface area contributed by atoms with Gasteiger partial charge >= 0.3 is 0 Å². The lowest BCUT2D eigenvalue weighted by molar-refractivity contribution is -0.184. The van der Waals surface area contributed by atoms with Crippen molar-refractivity contribution in [1.82, 2.24) is 0 Å². The van der Waals surface area contributed by atoms with E-state index < -0.39 is 23.1 Å². The van der Waals surface area contributed by atoms with Crippen LogP contribution in [0.1, 0.15) is 5.56 Å². The van der Waals surface area contributed by atoms with E-state index in [1.165, 1.54) is 0 Å². The fourth-order valence-corrected chi connectivity index (χ4v) is 1.29. The normalized spacial score (nSPS) is 19.1. The van der Waals surface area contributed by atoms with Crippen molar-refractivity contribution in [3.8, 4) is 0 Å². The van der Waals surface area contributed by atoms with Crippen molar-refractivity contribution in [1.29, 1.82) is 0 Å². The molecule has 0 radical (unpaired) electrons.